The predicted molar refractivity (Wildman–Crippen MR) is 89.5 cm³/mol. The second kappa shape index (κ2) is 8.15. The third-order valence-corrected chi connectivity index (χ3v) is 5.41. The molecule has 1 aromatic heterocycles. The molecule has 2 aliphatic heterocycles. The minimum atomic E-state index is 0.219. The minimum Gasteiger partial charge on any atom is -0.376 e. The first-order valence-electron chi connectivity index (χ1n) is 8.72. The van der Waals surface area contributed by atoms with E-state index in [1.54, 1.807) is 0 Å². The van der Waals surface area contributed by atoms with Crippen LogP contribution in [0.15, 0.2) is 5.16 Å². The summed E-state index contributed by atoms with van der Waals surface area (Å²) in [6, 6.07) is 0. The Bertz CT molecular complexity index is 522. The molecule has 2 saturated heterocycles. The number of ether oxygens (including phenoxy) is 1. The van der Waals surface area contributed by atoms with Gasteiger partial charge in [-0.25, -0.2) is 0 Å². The maximum atomic E-state index is 12.2. The van der Waals surface area contributed by atoms with Crippen LogP contribution in [0.3, 0.4) is 0 Å². The normalized spacial score (nSPS) is 21.3. The molecule has 23 heavy (non-hydrogen) atoms. The number of carbonyl (C=O) groups excluding carboxylic acids is 1. The van der Waals surface area contributed by atoms with E-state index in [1.165, 1.54) is 11.8 Å². The molecule has 3 heterocycles. The fourth-order valence-electron chi connectivity index (χ4n) is 3.19. The maximum Gasteiger partial charge on any atom is 0.233 e. The van der Waals surface area contributed by atoms with Gasteiger partial charge in [0.1, 0.15) is 5.82 Å². The van der Waals surface area contributed by atoms with Crippen molar-refractivity contribution in [2.24, 2.45) is 0 Å². The van der Waals surface area contributed by atoms with Crippen LogP contribution < -0.4 is 0 Å². The largest absolute Gasteiger partial charge is 0.376 e. The van der Waals surface area contributed by atoms with Crippen molar-refractivity contribution < 1.29 is 9.53 Å². The quantitative estimate of drug-likeness (QED) is 0.713. The molecule has 7 heteroatoms. The molecule has 2 aliphatic rings. The Hall–Kier alpha value is -1.08. The van der Waals surface area contributed by atoms with E-state index in [9.17, 15) is 4.79 Å². The van der Waals surface area contributed by atoms with Crippen molar-refractivity contribution >= 4 is 17.7 Å². The Labute approximate surface area is 142 Å². The Morgan fingerprint density at radius 3 is 2.83 bits per heavy atom. The first-order valence-corrected chi connectivity index (χ1v) is 9.70. The molecule has 0 N–H and O–H groups in total. The van der Waals surface area contributed by atoms with Crippen LogP contribution in [0.4, 0.5) is 0 Å². The molecule has 6 nitrogen and oxygen atoms in total. The van der Waals surface area contributed by atoms with Gasteiger partial charge in [0.05, 0.1) is 18.4 Å². The van der Waals surface area contributed by atoms with E-state index in [0.29, 0.717) is 5.75 Å². The van der Waals surface area contributed by atoms with Gasteiger partial charge in [-0.1, -0.05) is 18.7 Å². The number of nitrogens with zero attached hydrogens (tertiary/aromatic N) is 4. The summed E-state index contributed by atoms with van der Waals surface area (Å²) in [7, 11) is 0. The number of carbonyl (C=O) groups is 1. The summed E-state index contributed by atoms with van der Waals surface area (Å²) in [4.78, 5) is 14.2. The van der Waals surface area contributed by atoms with Crippen LogP contribution in [0.25, 0.3) is 0 Å². The Morgan fingerprint density at radius 1 is 1.30 bits per heavy atom. The molecule has 128 valence electrons. The standard InChI is InChI=1S/C16H26N4O2S/c1-2-6-14-17-18-16(20(14)11-13-7-5-10-22-13)23-12-15(21)19-8-3-4-9-19/h13H,2-12H2,1H3/t13-/m0/s1. The Kier molecular flexibility index (Phi) is 5.94. The SMILES string of the molecule is CCCc1nnc(SCC(=O)N2CCCC2)n1C[C@@H]1CCCO1. The van der Waals surface area contributed by atoms with Gasteiger partial charge in [-0.15, -0.1) is 10.2 Å². The fourth-order valence-corrected chi connectivity index (χ4v) is 4.06. The maximum absolute atomic E-state index is 12.2. The lowest BCUT2D eigenvalue weighted by Gasteiger charge is -2.16. The molecule has 0 spiro atoms. The smallest absolute Gasteiger partial charge is 0.233 e. The zero-order chi connectivity index (χ0) is 16.1. The highest BCUT2D eigenvalue weighted by Gasteiger charge is 2.23. The van der Waals surface area contributed by atoms with E-state index < -0.39 is 0 Å². The van der Waals surface area contributed by atoms with Crippen LogP contribution in [0, 0.1) is 0 Å². The third-order valence-electron chi connectivity index (χ3n) is 4.46. The van der Waals surface area contributed by atoms with Gasteiger partial charge in [0.25, 0.3) is 0 Å². The van der Waals surface area contributed by atoms with Gasteiger partial charge in [0.2, 0.25) is 5.91 Å². The van der Waals surface area contributed by atoms with Gasteiger partial charge in [0.15, 0.2) is 5.16 Å². The van der Waals surface area contributed by atoms with Gasteiger partial charge in [-0.05, 0) is 32.1 Å². The van der Waals surface area contributed by atoms with E-state index in [4.69, 9.17) is 4.74 Å². The van der Waals surface area contributed by atoms with Crippen LogP contribution in [-0.4, -0.2) is 57.1 Å². The highest BCUT2D eigenvalue weighted by Crippen LogP contribution is 2.22. The molecular formula is C16H26N4O2S. The summed E-state index contributed by atoms with van der Waals surface area (Å²) in [6.45, 7) is 5.62. The average molecular weight is 338 g/mol. The monoisotopic (exact) mass is 338 g/mol. The summed E-state index contributed by atoms with van der Waals surface area (Å²) < 4.78 is 7.93. The number of hydrogen-bond acceptors (Lipinski definition) is 5. The van der Waals surface area contributed by atoms with E-state index in [-0.39, 0.29) is 12.0 Å². The van der Waals surface area contributed by atoms with Crippen LogP contribution in [-0.2, 0) is 22.5 Å². The highest BCUT2D eigenvalue weighted by atomic mass is 32.2. The number of thioether (sulfide) groups is 1. The summed E-state index contributed by atoms with van der Waals surface area (Å²) >= 11 is 1.51. The lowest BCUT2D eigenvalue weighted by atomic mass is 10.2. The lowest BCUT2D eigenvalue weighted by molar-refractivity contribution is -0.127. The van der Waals surface area contributed by atoms with Gasteiger partial charge >= 0.3 is 0 Å². The molecule has 1 amide bonds. The summed E-state index contributed by atoms with van der Waals surface area (Å²) in [5.74, 6) is 1.69. The Morgan fingerprint density at radius 2 is 2.13 bits per heavy atom. The molecule has 2 fully saturated rings. The van der Waals surface area contributed by atoms with Crippen LogP contribution >= 0.6 is 11.8 Å². The van der Waals surface area contributed by atoms with Crippen molar-refractivity contribution in [2.75, 3.05) is 25.4 Å². The third kappa shape index (κ3) is 4.26. The second-order valence-corrected chi connectivity index (χ2v) is 7.21. The fraction of sp³-hybridized carbons (Fsp3) is 0.812. The number of amides is 1. The minimum absolute atomic E-state index is 0.219. The number of rotatable bonds is 7. The number of aromatic nitrogens is 3. The topological polar surface area (TPSA) is 60.2 Å². The molecule has 0 aliphatic carbocycles. The van der Waals surface area contributed by atoms with Gasteiger partial charge in [-0.2, -0.15) is 0 Å². The molecule has 0 bridgehead atoms. The first-order chi connectivity index (χ1) is 11.3. The van der Waals surface area contributed by atoms with E-state index >= 15 is 0 Å². The van der Waals surface area contributed by atoms with Crippen LogP contribution in [0.2, 0.25) is 0 Å². The van der Waals surface area contributed by atoms with E-state index in [2.05, 4.69) is 21.7 Å². The van der Waals surface area contributed by atoms with Gasteiger partial charge < -0.3 is 14.2 Å². The second-order valence-electron chi connectivity index (χ2n) is 6.27. The molecule has 0 saturated carbocycles. The molecule has 0 aromatic carbocycles. The summed E-state index contributed by atoms with van der Waals surface area (Å²) in [5.41, 5.74) is 0. The summed E-state index contributed by atoms with van der Waals surface area (Å²) in [5, 5.41) is 9.52. The van der Waals surface area contributed by atoms with Crippen molar-refractivity contribution in [3.05, 3.63) is 5.82 Å². The molecule has 1 atom stereocenters. The molecule has 0 unspecified atom stereocenters. The van der Waals surface area contributed by atoms with Crippen molar-refractivity contribution in [3.63, 3.8) is 0 Å². The van der Waals surface area contributed by atoms with Gasteiger partial charge in [0, 0.05) is 26.1 Å². The van der Waals surface area contributed by atoms with Crippen LogP contribution in [0.5, 0.6) is 0 Å². The Balaban J connectivity index is 1.63. The highest BCUT2D eigenvalue weighted by molar-refractivity contribution is 7.99. The zero-order valence-electron chi connectivity index (χ0n) is 13.9. The predicted octanol–water partition coefficient (Wildman–Crippen LogP) is 2.12. The lowest BCUT2D eigenvalue weighted by Crippen LogP contribution is -2.29. The van der Waals surface area contributed by atoms with E-state index in [0.717, 1.165) is 75.7 Å². The van der Waals surface area contributed by atoms with Crippen LogP contribution in [0.1, 0.15) is 44.9 Å². The number of hydrogen-bond donors (Lipinski definition) is 0. The van der Waals surface area contributed by atoms with Crippen molar-refractivity contribution in [1.29, 1.82) is 0 Å². The average Bonchev–Trinajstić information content (AvgIpc) is 3.29. The first kappa shape index (κ1) is 16.8. The molecular weight excluding hydrogens is 312 g/mol. The molecule has 3 rings (SSSR count). The number of likely N-dealkylation sites (tertiary alicyclic amines) is 1. The van der Waals surface area contributed by atoms with E-state index in [1.807, 2.05) is 4.90 Å². The zero-order valence-corrected chi connectivity index (χ0v) is 14.7. The van der Waals surface area contributed by atoms with Crippen molar-refractivity contribution in [3.8, 4) is 0 Å². The van der Waals surface area contributed by atoms with Crippen molar-refractivity contribution in [2.45, 2.75) is 63.3 Å². The molecule has 1 aromatic rings. The summed E-state index contributed by atoms with van der Waals surface area (Å²) in [6.07, 6.45) is 6.71. The van der Waals surface area contributed by atoms with Gasteiger partial charge in [-0.3, -0.25) is 4.79 Å². The number of aryl methyl sites for hydroxylation is 1. The molecule has 0 radical (unpaired) electrons. The van der Waals surface area contributed by atoms with Crippen molar-refractivity contribution in [1.82, 2.24) is 19.7 Å².